The number of ether oxygens (including phenoxy) is 2. The maximum absolute atomic E-state index is 12.5. The molecule has 1 aliphatic heterocycles. The Hall–Kier alpha value is -3.02. The van der Waals surface area contributed by atoms with Gasteiger partial charge in [0.1, 0.15) is 11.5 Å². The molecule has 1 aliphatic rings. The first kappa shape index (κ1) is 21.7. The van der Waals surface area contributed by atoms with Crippen molar-refractivity contribution in [1.29, 1.82) is 0 Å². The van der Waals surface area contributed by atoms with Crippen molar-refractivity contribution >= 4 is 11.8 Å². The molecule has 6 heteroatoms. The normalized spacial score (nSPS) is 14.3. The SMILES string of the molecule is CCOc1ccc(C(=O)NC2CCN(C(=O)COc3ccccc3CC)CC2)cc1. The zero-order valence-corrected chi connectivity index (χ0v) is 17.7. The van der Waals surface area contributed by atoms with E-state index in [-0.39, 0.29) is 24.5 Å². The first-order valence-electron chi connectivity index (χ1n) is 10.6. The number of nitrogens with zero attached hydrogens (tertiary/aromatic N) is 1. The number of aryl methyl sites for hydroxylation is 1. The molecule has 30 heavy (non-hydrogen) atoms. The van der Waals surface area contributed by atoms with Crippen molar-refractivity contribution in [2.24, 2.45) is 0 Å². The lowest BCUT2D eigenvalue weighted by molar-refractivity contribution is -0.134. The second-order valence-electron chi connectivity index (χ2n) is 7.34. The van der Waals surface area contributed by atoms with Crippen molar-refractivity contribution in [3.05, 3.63) is 59.7 Å². The van der Waals surface area contributed by atoms with Crippen LogP contribution in [-0.2, 0) is 11.2 Å². The summed E-state index contributed by atoms with van der Waals surface area (Å²) in [7, 11) is 0. The lowest BCUT2D eigenvalue weighted by atomic mass is 10.0. The van der Waals surface area contributed by atoms with E-state index in [0.717, 1.165) is 36.3 Å². The van der Waals surface area contributed by atoms with E-state index in [1.54, 1.807) is 24.3 Å². The van der Waals surface area contributed by atoms with E-state index in [2.05, 4.69) is 12.2 Å². The van der Waals surface area contributed by atoms with E-state index in [1.165, 1.54) is 0 Å². The van der Waals surface area contributed by atoms with E-state index in [1.807, 2.05) is 36.1 Å². The molecule has 160 valence electrons. The van der Waals surface area contributed by atoms with Gasteiger partial charge >= 0.3 is 0 Å². The lowest BCUT2D eigenvalue weighted by Gasteiger charge is -2.32. The van der Waals surface area contributed by atoms with Crippen molar-refractivity contribution in [3.8, 4) is 11.5 Å². The summed E-state index contributed by atoms with van der Waals surface area (Å²) in [5.74, 6) is 1.41. The zero-order chi connectivity index (χ0) is 21.3. The number of piperidine rings is 1. The van der Waals surface area contributed by atoms with Crippen molar-refractivity contribution in [2.45, 2.75) is 39.2 Å². The number of amides is 2. The van der Waals surface area contributed by atoms with Crippen LogP contribution in [0.25, 0.3) is 0 Å². The summed E-state index contributed by atoms with van der Waals surface area (Å²) >= 11 is 0. The Balaban J connectivity index is 1.43. The third-order valence-electron chi connectivity index (χ3n) is 5.32. The number of likely N-dealkylation sites (tertiary alicyclic amines) is 1. The van der Waals surface area contributed by atoms with E-state index >= 15 is 0 Å². The molecule has 1 heterocycles. The number of carbonyl (C=O) groups excluding carboxylic acids is 2. The highest BCUT2D eigenvalue weighted by molar-refractivity contribution is 5.94. The van der Waals surface area contributed by atoms with E-state index in [4.69, 9.17) is 9.47 Å². The van der Waals surface area contributed by atoms with Gasteiger partial charge in [-0.1, -0.05) is 25.1 Å². The number of benzene rings is 2. The molecule has 0 unspecified atom stereocenters. The van der Waals surface area contributed by atoms with Crippen LogP contribution in [0, 0.1) is 0 Å². The number of carbonyl (C=O) groups is 2. The molecule has 0 saturated carbocycles. The van der Waals surface area contributed by atoms with Crippen LogP contribution in [0.4, 0.5) is 0 Å². The smallest absolute Gasteiger partial charge is 0.260 e. The van der Waals surface area contributed by atoms with E-state index in [0.29, 0.717) is 25.3 Å². The van der Waals surface area contributed by atoms with Crippen molar-refractivity contribution < 1.29 is 19.1 Å². The summed E-state index contributed by atoms with van der Waals surface area (Å²) < 4.78 is 11.2. The minimum absolute atomic E-state index is 0.0165. The number of rotatable bonds is 8. The van der Waals surface area contributed by atoms with Gasteiger partial charge in [0.05, 0.1) is 6.61 Å². The minimum atomic E-state index is -0.0951. The van der Waals surface area contributed by atoms with Gasteiger partial charge in [0.15, 0.2) is 6.61 Å². The van der Waals surface area contributed by atoms with Gasteiger partial charge in [-0.15, -0.1) is 0 Å². The third-order valence-corrected chi connectivity index (χ3v) is 5.32. The summed E-state index contributed by atoms with van der Waals surface area (Å²) in [4.78, 5) is 26.8. The predicted molar refractivity (Wildman–Crippen MR) is 116 cm³/mol. The van der Waals surface area contributed by atoms with Crippen LogP contribution in [0.2, 0.25) is 0 Å². The van der Waals surface area contributed by atoms with Crippen LogP contribution < -0.4 is 14.8 Å². The quantitative estimate of drug-likeness (QED) is 0.724. The molecule has 1 fully saturated rings. The Bertz CT molecular complexity index is 843. The maximum atomic E-state index is 12.5. The molecule has 3 rings (SSSR count). The molecule has 0 spiro atoms. The van der Waals surface area contributed by atoms with Crippen LogP contribution in [0.5, 0.6) is 11.5 Å². The van der Waals surface area contributed by atoms with Gasteiger partial charge in [-0.25, -0.2) is 0 Å². The summed E-state index contributed by atoms with van der Waals surface area (Å²) in [6.07, 6.45) is 2.34. The number of para-hydroxylation sites is 1. The molecule has 0 radical (unpaired) electrons. The molecule has 2 amide bonds. The third kappa shape index (κ3) is 5.75. The first-order valence-corrected chi connectivity index (χ1v) is 10.6. The fourth-order valence-corrected chi connectivity index (χ4v) is 3.58. The van der Waals surface area contributed by atoms with Gasteiger partial charge in [0.2, 0.25) is 0 Å². The molecule has 0 atom stereocenters. The molecule has 2 aromatic carbocycles. The summed E-state index contributed by atoms with van der Waals surface area (Å²) in [6.45, 7) is 5.86. The van der Waals surface area contributed by atoms with Crippen molar-refractivity contribution in [2.75, 3.05) is 26.3 Å². The molecule has 1 N–H and O–H groups in total. The maximum Gasteiger partial charge on any atom is 0.260 e. The Kier molecular flexibility index (Phi) is 7.71. The second kappa shape index (κ2) is 10.7. The Morgan fingerprint density at radius 2 is 1.70 bits per heavy atom. The lowest BCUT2D eigenvalue weighted by Crippen LogP contribution is -2.47. The van der Waals surface area contributed by atoms with Gasteiger partial charge in [-0.2, -0.15) is 0 Å². The van der Waals surface area contributed by atoms with Gasteiger partial charge in [-0.05, 0) is 62.1 Å². The predicted octanol–water partition coefficient (Wildman–Crippen LogP) is 3.45. The van der Waals surface area contributed by atoms with Crippen LogP contribution in [-0.4, -0.2) is 49.1 Å². The highest BCUT2D eigenvalue weighted by Crippen LogP contribution is 2.19. The molecule has 0 aromatic heterocycles. The van der Waals surface area contributed by atoms with Crippen molar-refractivity contribution in [3.63, 3.8) is 0 Å². The van der Waals surface area contributed by atoms with Crippen LogP contribution in [0.3, 0.4) is 0 Å². The second-order valence-corrected chi connectivity index (χ2v) is 7.34. The Labute approximate surface area is 178 Å². The molecule has 6 nitrogen and oxygen atoms in total. The summed E-state index contributed by atoms with van der Waals surface area (Å²) in [6, 6.07) is 15.0. The average Bonchev–Trinajstić information content (AvgIpc) is 2.79. The first-order chi connectivity index (χ1) is 14.6. The molecule has 2 aromatic rings. The van der Waals surface area contributed by atoms with E-state index in [9.17, 15) is 9.59 Å². The molecule has 1 saturated heterocycles. The summed E-state index contributed by atoms with van der Waals surface area (Å²) in [5, 5.41) is 3.07. The van der Waals surface area contributed by atoms with Gasteiger partial charge in [0, 0.05) is 24.7 Å². The van der Waals surface area contributed by atoms with Gasteiger partial charge in [0.25, 0.3) is 11.8 Å². The van der Waals surface area contributed by atoms with Crippen LogP contribution in [0.15, 0.2) is 48.5 Å². The minimum Gasteiger partial charge on any atom is -0.494 e. The van der Waals surface area contributed by atoms with Gasteiger partial charge in [-0.3, -0.25) is 9.59 Å². The number of hydrogen-bond acceptors (Lipinski definition) is 4. The standard InChI is InChI=1S/C24H30N2O4/c1-3-18-7-5-6-8-22(18)30-17-23(27)26-15-13-20(14-16-26)25-24(28)19-9-11-21(12-10-19)29-4-2/h5-12,20H,3-4,13-17H2,1-2H3,(H,25,28). The average molecular weight is 411 g/mol. The number of nitrogens with one attached hydrogen (secondary N) is 1. The number of hydrogen-bond donors (Lipinski definition) is 1. The highest BCUT2D eigenvalue weighted by atomic mass is 16.5. The molecular formula is C24H30N2O4. The molecule has 0 bridgehead atoms. The topological polar surface area (TPSA) is 67.9 Å². The van der Waals surface area contributed by atoms with E-state index < -0.39 is 0 Å². The summed E-state index contributed by atoms with van der Waals surface area (Å²) in [5.41, 5.74) is 1.71. The van der Waals surface area contributed by atoms with Crippen LogP contribution in [0.1, 0.15) is 42.6 Å². The Morgan fingerprint density at radius 3 is 2.37 bits per heavy atom. The monoisotopic (exact) mass is 410 g/mol. The fourth-order valence-electron chi connectivity index (χ4n) is 3.58. The van der Waals surface area contributed by atoms with Crippen LogP contribution >= 0.6 is 0 Å². The van der Waals surface area contributed by atoms with Gasteiger partial charge < -0.3 is 19.7 Å². The molecular weight excluding hydrogens is 380 g/mol. The largest absolute Gasteiger partial charge is 0.494 e. The fraction of sp³-hybridized carbons (Fsp3) is 0.417. The molecule has 0 aliphatic carbocycles. The zero-order valence-electron chi connectivity index (χ0n) is 17.7. The highest BCUT2D eigenvalue weighted by Gasteiger charge is 2.24. The van der Waals surface area contributed by atoms with Crippen molar-refractivity contribution in [1.82, 2.24) is 10.2 Å². The Morgan fingerprint density at radius 1 is 1.00 bits per heavy atom.